The summed E-state index contributed by atoms with van der Waals surface area (Å²) in [4.78, 5) is 24.1. The molecular formula is C25H29N3O4. The minimum Gasteiger partial charge on any atom is -0.460 e. The lowest BCUT2D eigenvalue weighted by Crippen LogP contribution is -2.12. The summed E-state index contributed by atoms with van der Waals surface area (Å²) >= 11 is 0. The van der Waals surface area contributed by atoms with E-state index in [0.29, 0.717) is 18.1 Å². The molecule has 0 aliphatic heterocycles. The number of H-pyrrole nitrogens is 1. The first-order valence-electron chi connectivity index (χ1n) is 10.8. The zero-order valence-electron chi connectivity index (χ0n) is 18.9. The summed E-state index contributed by atoms with van der Waals surface area (Å²) in [7, 11) is 0. The van der Waals surface area contributed by atoms with Crippen molar-refractivity contribution in [2.24, 2.45) is 5.92 Å². The molecule has 3 aromatic rings. The number of benzene rings is 2. The first-order valence-corrected chi connectivity index (χ1v) is 10.8. The molecule has 7 heteroatoms. The van der Waals surface area contributed by atoms with Crippen LogP contribution in [0.5, 0.6) is 11.6 Å². The normalized spacial score (nSPS) is 11.1. The number of carbonyl (C=O) groups is 2. The number of ether oxygens (including phenoxy) is 2. The molecule has 3 rings (SSSR count). The van der Waals surface area contributed by atoms with Gasteiger partial charge in [-0.3, -0.25) is 4.79 Å². The molecule has 0 amide bonds. The summed E-state index contributed by atoms with van der Waals surface area (Å²) in [6.07, 6.45) is 0.644. The van der Waals surface area contributed by atoms with E-state index in [2.05, 4.69) is 53.5 Å². The number of rotatable bonds is 10. The number of Topliss-reactive ketones (excluding diaryl/α,β-unsaturated/α-hetero) is 1. The molecule has 32 heavy (non-hydrogen) atoms. The van der Waals surface area contributed by atoms with Crippen molar-refractivity contribution >= 4 is 11.8 Å². The van der Waals surface area contributed by atoms with Crippen LogP contribution in [0.2, 0.25) is 0 Å². The summed E-state index contributed by atoms with van der Waals surface area (Å²) in [6, 6.07) is 16.0. The molecule has 2 aromatic carbocycles. The van der Waals surface area contributed by atoms with Crippen LogP contribution in [0.1, 0.15) is 62.5 Å². The van der Waals surface area contributed by atoms with Crippen LogP contribution < -0.4 is 4.74 Å². The minimum absolute atomic E-state index is 0.000975. The second-order valence-corrected chi connectivity index (χ2v) is 8.42. The molecule has 0 spiro atoms. The molecule has 1 N–H and O–H groups in total. The average molecular weight is 436 g/mol. The van der Waals surface area contributed by atoms with Crippen molar-refractivity contribution in [2.75, 3.05) is 6.61 Å². The first-order chi connectivity index (χ1) is 15.3. The van der Waals surface area contributed by atoms with E-state index in [4.69, 9.17) is 9.47 Å². The summed E-state index contributed by atoms with van der Waals surface area (Å²) in [6.45, 7) is 8.28. The van der Waals surface area contributed by atoms with Crippen LogP contribution in [-0.4, -0.2) is 33.8 Å². The zero-order valence-corrected chi connectivity index (χ0v) is 18.9. The Morgan fingerprint density at radius 2 is 1.56 bits per heavy atom. The predicted octanol–water partition coefficient (Wildman–Crippen LogP) is 5.55. The number of hydrogen-bond acceptors (Lipinski definition) is 6. The minimum atomic E-state index is -0.687. The Bertz CT molecular complexity index is 1040. The maximum Gasteiger partial charge on any atom is 0.364 e. The molecule has 168 valence electrons. The van der Waals surface area contributed by atoms with Gasteiger partial charge in [0.2, 0.25) is 5.69 Å². The van der Waals surface area contributed by atoms with Crippen molar-refractivity contribution in [3.8, 4) is 22.8 Å². The number of nitrogens with one attached hydrogen (secondary N) is 1. The van der Waals surface area contributed by atoms with Crippen LogP contribution in [0.25, 0.3) is 11.1 Å². The van der Waals surface area contributed by atoms with Gasteiger partial charge in [0.25, 0.3) is 5.88 Å². The molecular weight excluding hydrogens is 406 g/mol. The van der Waals surface area contributed by atoms with Crippen LogP contribution in [-0.2, 0) is 9.53 Å². The van der Waals surface area contributed by atoms with Gasteiger partial charge < -0.3 is 9.47 Å². The van der Waals surface area contributed by atoms with Crippen LogP contribution in [0.4, 0.5) is 0 Å². The molecule has 7 nitrogen and oxygen atoms in total. The highest BCUT2D eigenvalue weighted by atomic mass is 16.5. The number of nitrogens with zero attached hydrogens (tertiary/aromatic N) is 2. The number of esters is 1. The molecule has 0 atom stereocenters. The Labute approximate surface area is 188 Å². The predicted molar refractivity (Wildman–Crippen MR) is 122 cm³/mol. The van der Waals surface area contributed by atoms with Gasteiger partial charge in [0.1, 0.15) is 11.5 Å². The Balaban J connectivity index is 1.59. The van der Waals surface area contributed by atoms with Gasteiger partial charge >= 0.3 is 5.97 Å². The van der Waals surface area contributed by atoms with Gasteiger partial charge in [0.05, 0.1) is 6.61 Å². The van der Waals surface area contributed by atoms with Crippen molar-refractivity contribution in [1.82, 2.24) is 15.4 Å². The van der Waals surface area contributed by atoms with Crippen molar-refractivity contribution in [3.05, 3.63) is 59.8 Å². The third-order valence-corrected chi connectivity index (χ3v) is 4.94. The number of ketones is 1. The molecule has 0 fully saturated rings. The molecule has 0 saturated heterocycles. The maximum absolute atomic E-state index is 12.3. The van der Waals surface area contributed by atoms with Crippen molar-refractivity contribution in [1.29, 1.82) is 0 Å². The number of aromatic nitrogens is 3. The van der Waals surface area contributed by atoms with Crippen LogP contribution in [0, 0.1) is 5.92 Å². The highest BCUT2D eigenvalue weighted by Gasteiger charge is 2.20. The van der Waals surface area contributed by atoms with E-state index in [0.717, 1.165) is 11.1 Å². The van der Waals surface area contributed by atoms with Crippen LogP contribution in [0.15, 0.2) is 48.5 Å². The molecule has 0 aliphatic rings. The van der Waals surface area contributed by atoms with E-state index in [1.165, 1.54) is 5.56 Å². The van der Waals surface area contributed by atoms with Gasteiger partial charge in [0, 0.05) is 12.8 Å². The second kappa shape index (κ2) is 10.7. The standard InChI is InChI=1S/C25H29N3O4/c1-16(2)15-21(29)13-14-31-25(30)23-24(27-28-26-23)32-22-11-9-20(10-12-22)19-7-5-18(6-8-19)17(3)4/h5-12,16-17H,13-15H2,1-4H3,(H,26,27,28). The van der Waals surface area contributed by atoms with Crippen LogP contribution in [0.3, 0.4) is 0 Å². The zero-order chi connectivity index (χ0) is 23.1. The molecule has 0 saturated carbocycles. The lowest BCUT2D eigenvalue weighted by molar-refractivity contribution is -0.120. The lowest BCUT2D eigenvalue weighted by atomic mass is 9.99. The molecule has 1 heterocycles. The first kappa shape index (κ1) is 23.2. The Morgan fingerprint density at radius 1 is 0.938 bits per heavy atom. The highest BCUT2D eigenvalue weighted by Crippen LogP contribution is 2.27. The van der Waals surface area contributed by atoms with E-state index in [1.807, 2.05) is 38.1 Å². The summed E-state index contributed by atoms with van der Waals surface area (Å²) in [5.74, 6) is 0.761. The van der Waals surface area contributed by atoms with E-state index in [1.54, 1.807) is 0 Å². The second-order valence-electron chi connectivity index (χ2n) is 8.42. The Morgan fingerprint density at radius 3 is 2.16 bits per heavy atom. The van der Waals surface area contributed by atoms with E-state index >= 15 is 0 Å². The van der Waals surface area contributed by atoms with Crippen LogP contribution >= 0.6 is 0 Å². The largest absolute Gasteiger partial charge is 0.460 e. The monoisotopic (exact) mass is 435 g/mol. The van der Waals surface area contributed by atoms with Crippen molar-refractivity contribution in [2.45, 2.75) is 46.5 Å². The fourth-order valence-corrected chi connectivity index (χ4v) is 3.20. The third-order valence-electron chi connectivity index (χ3n) is 4.94. The number of hydrogen-bond donors (Lipinski definition) is 1. The van der Waals surface area contributed by atoms with Gasteiger partial charge in [-0.2, -0.15) is 0 Å². The quantitative estimate of drug-likeness (QED) is 0.420. The number of carbonyl (C=O) groups excluding carboxylic acids is 2. The SMILES string of the molecule is CC(C)CC(=O)CCOC(=O)c1nn[nH]c1Oc1ccc(-c2ccc(C(C)C)cc2)cc1. The molecule has 0 bridgehead atoms. The van der Waals surface area contributed by atoms with Gasteiger partial charge in [-0.15, -0.1) is 5.10 Å². The summed E-state index contributed by atoms with van der Waals surface area (Å²) < 4.78 is 10.9. The van der Waals surface area contributed by atoms with Crippen molar-refractivity contribution in [3.63, 3.8) is 0 Å². The fourth-order valence-electron chi connectivity index (χ4n) is 3.20. The van der Waals surface area contributed by atoms with Gasteiger partial charge in [-0.1, -0.05) is 69.3 Å². The summed E-state index contributed by atoms with van der Waals surface area (Å²) in [5, 5.41) is 9.97. The van der Waals surface area contributed by atoms with Gasteiger partial charge in [-0.25, -0.2) is 9.89 Å². The average Bonchev–Trinajstić information content (AvgIpc) is 3.22. The fraction of sp³-hybridized carbons (Fsp3) is 0.360. The van der Waals surface area contributed by atoms with E-state index in [9.17, 15) is 9.59 Å². The van der Waals surface area contributed by atoms with E-state index < -0.39 is 5.97 Å². The number of aromatic amines is 1. The van der Waals surface area contributed by atoms with Gasteiger partial charge in [-0.05, 0) is 40.7 Å². The lowest BCUT2D eigenvalue weighted by Gasteiger charge is -2.09. The Hall–Kier alpha value is -3.48. The third kappa shape index (κ3) is 6.26. The topological polar surface area (TPSA) is 94.2 Å². The molecule has 0 aliphatic carbocycles. The van der Waals surface area contributed by atoms with Crippen molar-refractivity contribution < 1.29 is 19.1 Å². The highest BCUT2D eigenvalue weighted by molar-refractivity contribution is 5.89. The molecule has 1 aromatic heterocycles. The van der Waals surface area contributed by atoms with E-state index in [-0.39, 0.29) is 36.3 Å². The summed E-state index contributed by atoms with van der Waals surface area (Å²) in [5.41, 5.74) is 3.40. The Kier molecular flexibility index (Phi) is 7.76. The molecule has 0 unspecified atom stereocenters. The molecule has 0 radical (unpaired) electrons. The maximum atomic E-state index is 12.3. The van der Waals surface area contributed by atoms with Gasteiger partial charge in [0.15, 0.2) is 0 Å². The smallest absolute Gasteiger partial charge is 0.364 e.